The predicted octanol–water partition coefficient (Wildman–Crippen LogP) is 1.12. The molecule has 2 aliphatic rings. The zero-order valence-electron chi connectivity index (χ0n) is 8.79. The Balaban J connectivity index is 1.91. The van der Waals surface area contributed by atoms with Gasteiger partial charge >= 0.3 is 0 Å². The molecule has 0 saturated carbocycles. The molecular weight excluding hydrogens is 178 g/mol. The van der Waals surface area contributed by atoms with Crippen molar-refractivity contribution in [3.8, 4) is 0 Å². The van der Waals surface area contributed by atoms with Gasteiger partial charge in [0.05, 0.1) is 13.2 Å². The maximum atomic E-state index is 11.8. The lowest BCUT2D eigenvalue weighted by atomic mass is 9.83. The first kappa shape index (κ1) is 10.1. The van der Waals surface area contributed by atoms with Gasteiger partial charge in [-0.25, -0.2) is 0 Å². The van der Waals surface area contributed by atoms with Gasteiger partial charge < -0.3 is 10.1 Å². The number of Topliss-reactive ketones (excluding diaryl/α,β-unsaturated/α-hetero) is 1. The van der Waals surface area contributed by atoms with Crippen LogP contribution in [0.3, 0.4) is 0 Å². The van der Waals surface area contributed by atoms with Crippen molar-refractivity contribution in [3.05, 3.63) is 0 Å². The van der Waals surface area contributed by atoms with Gasteiger partial charge in [0.1, 0.15) is 5.78 Å². The van der Waals surface area contributed by atoms with Gasteiger partial charge in [-0.05, 0) is 19.3 Å². The van der Waals surface area contributed by atoms with E-state index in [1.807, 2.05) is 0 Å². The molecular formula is C11H19NO2. The Morgan fingerprint density at radius 1 is 1.36 bits per heavy atom. The van der Waals surface area contributed by atoms with E-state index >= 15 is 0 Å². The molecule has 0 aromatic rings. The van der Waals surface area contributed by atoms with Crippen LogP contribution in [0.4, 0.5) is 0 Å². The van der Waals surface area contributed by atoms with E-state index in [2.05, 4.69) is 12.2 Å². The first-order valence-corrected chi connectivity index (χ1v) is 5.66. The molecule has 2 bridgehead atoms. The highest BCUT2D eigenvalue weighted by Crippen LogP contribution is 2.25. The van der Waals surface area contributed by atoms with Gasteiger partial charge in [0.25, 0.3) is 0 Å². The van der Waals surface area contributed by atoms with Crippen LogP contribution in [-0.4, -0.2) is 31.1 Å². The number of rotatable bonds is 3. The topological polar surface area (TPSA) is 38.3 Å². The second-order valence-electron chi connectivity index (χ2n) is 4.48. The molecule has 2 unspecified atom stereocenters. The van der Waals surface area contributed by atoms with E-state index < -0.39 is 0 Å². The fourth-order valence-corrected chi connectivity index (χ4v) is 2.55. The maximum Gasteiger partial charge on any atom is 0.136 e. The summed E-state index contributed by atoms with van der Waals surface area (Å²) >= 11 is 0. The number of carbonyl (C=O) groups excluding carboxylic acids is 1. The van der Waals surface area contributed by atoms with Crippen LogP contribution in [0.2, 0.25) is 0 Å². The van der Waals surface area contributed by atoms with Gasteiger partial charge in [-0.3, -0.25) is 4.79 Å². The molecule has 2 heterocycles. The molecule has 80 valence electrons. The molecule has 0 radical (unpaired) electrons. The molecule has 0 amide bonds. The summed E-state index contributed by atoms with van der Waals surface area (Å²) in [6, 6.07) is 0.849. The number of ether oxygens (including phenoxy) is 1. The molecule has 2 saturated heterocycles. The average molecular weight is 197 g/mol. The number of carbonyl (C=O) groups is 1. The van der Waals surface area contributed by atoms with Gasteiger partial charge in [0.2, 0.25) is 0 Å². The molecule has 0 aliphatic carbocycles. The Kier molecular flexibility index (Phi) is 3.19. The normalized spacial score (nSPS) is 36.8. The number of piperidine rings is 1. The predicted molar refractivity (Wildman–Crippen MR) is 54.2 cm³/mol. The zero-order valence-corrected chi connectivity index (χ0v) is 8.79. The summed E-state index contributed by atoms with van der Waals surface area (Å²) in [5.74, 6) is 0.765. The lowest BCUT2D eigenvalue weighted by Crippen LogP contribution is -2.55. The molecule has 3 heteroatoms. The number of hydrogen-bond acceptors (Lipinski definition) is 3. The second kappa shape index (κ2) is 4.41. The van der Waals surface area contributed by atoms with E-state index in [1.165, 1.54) is 0 Å². The van der Waals surface area contributed by atoms with Gasteiger partial charge in [-0.15, -0.1) is 0 Å². The fraction of sp³-hybridized carbons (Fsp3) is 0.909. The number of fused-ring (bicyclic) bond motifs is 2. The zero-order chi connectivity index (χ0) is 9.97. The number of morpholine rings is 1. The second-order valence-corrected chi connectivity index (χ2v) is 4.48. The lowest BCUT2D eigenvalue weighted by Gasteiger charge is -2.39. The molecule has 0 spiro atoms. The summed E-state index contributed by atoms with van der Waals surface area (Å²) in [6.07, 6.45) is 3.70. The fourth-order valence-electron chi connectivity index (χ4n) is 2.55. The minimum atomic E-state index is 0.301. The summed E-state index contributed by atoms with van der Waals surface area (Å²) in [7, 11) is 0. The van der Waals surface area contributed by atoms with E-state index in [0.29, 0.717) is 23.8 Å². The van der Waals surface area contributed by atoms with Crippen LogP contribution >= 0.6 is 0 Å². The molecule has 0 aromatic heterocycles. The van der Waals surface area contributed by atoms with Crippen molar-refractivity contribution in [2.24, 2.45) is 5.92 Å². The Labute approximate surface area is 85.2 Å². The van der Waals surface area contributed by atoms with Crippen LogP contribution in [-0.2, 0) is 9.53 Å². The summed E-state index contributed by atoms with van der Waals surface area (Å²) in [5, 5.41) is 3.50. The first-order valence-electron chi connectivity index (χ1n) is 5.66. The molecule has 2 fully saturated rings. The third-order valence-corrected chi connectivity index (χ3v) is 3.20. The molecule has 1 N–H and O–H groups in total. The summed E-state index contributed by atoms with van der Waals surface area (Å²) in [6.45, 7) is 3.64. The van der Waals surface area contributed by atoms with Crippen molar-refractivity contribution in [2.45, 2.75) is 44.7 Å². The molecule has 2 atom stereocenters. The highest BCUT2D eigenvalue weighted by molar-refractivity contribution is 5.81. The highest BCUT2D eigenvalue weighted by atomic mass is 16.5. The SMILES string of the molecule is CCCC(=O)C1CC2COCC(C1)N2. The molecule has 2 rings (SSSR count). The van der Waals surface area contributed by atoms with Crippen molar-refractivity contribution < 1.29 is 9.53 Å². The Hall–Kier alpha value is -0.410. The molecule has 14 heavy (non-hydrogen) atoms. The van der Waals surface area contributed by atoms with E-state index in [9.17, 15) is 4.79 Å². The average Bonchev–Trinajstić information content (AvgIpc) is 2.17. The van der Waals surface area contributed by atoms with Gasteiger partial charge in [0.15, 0.2) is 0 Å². The summed E-state index contributed by atoms with van der Waals surface area (Å²) in [5.41, 5.74) is 0. The monoisotopic (exact) mass is 197 g/mol. The summed E-state index contributed by atoms with van der Waals surface area (Å²) in [4.78, 5) is 11.8. The van der Waals surface area contributed by atoms with Crippen LogP contribution in [0.1, 0.15) is 32.6 Å². The quantitative estimate of drug-likeness (QED) is 0.737. The Morgan fingerprint density at radius 3 is 2.57 bits per heavy atom. The smallest absolute Gasteiger partial charge is 0.136 e. The number of ketones is 1. The van der Waals surface area contributed by atoms with E-state index in [-0.39, 0.29) is 0 Å². The van der Waals surface area contributed by atoms with Gasteiger partial charge in [-0.2, -0.15) is 0 Å². The largest absolute Gasteiger partial charge is 0.378 e. The maximum absolute atomic E-state index is 11.8. The van der Waals surface area contributed by atoms with Crippen molar-refractivity contribution >= 4 is 5.78 Å². The highest BCUT2D eigenvalue weighted by Gasteiger charge is 2.34. The van der Waals surface area contributed by atoms with Crippen LogP contribution in [0.15, 0.2) is 0 Å². The van der Waals surface area contributed by atoms with Crippen molar-refractivity contribution in [1.29, 1.82) is 0 Å². The van der Waals surface area contributed by atoms with E-state index in [0.717, 1.165) is 38.9 Å². The van der Waals surface area contributed by atoms with Crippen molar-refractivity contribution in [3.63, 3.8) is 0 Å². The van der Waals surface area contributed by atoms with Crippen LogP contribution in [0.5, 0.6) is 0 Å². The Bertz CT molecular complexity index is 205. The summed E-state index contributed by atoms with van der Waals surface area (Å²) < 4.78 is 5.45. The van der Waals surface area contributed by atoms with Gasteiger partial charge in [-0.1, -0.05) is 6.92 Å². The Morgan fingerprint density at radius 2 is 2.00 bits per heavy atom. The van der Waals surface area contributed by atoms with Crippen LogP contribution in [0.25, 0.3) is 0 Å². The van der Waals surface area contributed by atoms with Gasteiger partial charge in [0, 0.05) is 24.4 Å². The van der Waals surface area contributed by atoms with Crippen LogP contribution < -0.4 is 5.32 Å². The van der Waals surface area contributed by atoms with E-state index in [4.69, 9.17) is 4.74 Å². The first-order chi connectivity index (χ1) is 6.79. The lowest BCUT2D eigenvalue weighted by molar-refractivity contribution is -0.125. The standard InChI is InChI=1S/C11H19NO2/c1-2-3-11(13)8-4-9-6-14-7-10(5-8)12-9/h8-10,12H,2-7H2,1H3. The van der Waals surface area contributed by atoms with Crippen LogP contribution in [0, 0.1) is 5.92 Å². The number of nitrogens with one attached hydrogen (secondary N) is 1. The van der Waals surface area contributed by atoms with Crippen molar-refractivity contribution in [2.75, 3.05) is 13.2 Å². The van der Waals surface area contributed by atoms with Crippen molar-refractivity contribution in [1.82, 2.24) is 5.32 Å². The molecule has 3 nitrogen and oxygen atoms in total. The minimum absolute atomic E-state index is 0.301. The third kappa shape index (κ3) is 2.15. The van der Waals surface area contributed by atoms with E-state index in [1.54, 1.807) is 0 Å². The number of hydrogen-bond donors (Lipinski definition) is 1. The molecule has 2 aliphatic heterocycles. The third-order valence-electron chi connectivity index (χ3n) is 3.20. The minimum Gasteiger partial charge on any atom is -0.378 e. The molecule has 0 aromatic carbocycles.